The van der Waals surface area contributed by atoms with Crippen LogP contribution in [0, 0.1) is 0 Å². The quantitative estimate of drug-likeness (QED) is 0.623. The number of alkyl halides is 1. The molecule has 0 radical (unpaired) electrons. The summed E-state index contributed by atoms with van der Waals surface area (Å²) in [4.78, 5) is 0. The minimum Gasteiger partial charge on any atom is -0.284 e. The van der Waals surface area contributed by atoms with Crippen LogP contribution < -0.4 is 0 Å². The highest BCUT2D eigenvalue weighted by Gasteiger charge is 2.19. The summed E-state index contributed by atoms with van der Waals surface area (Å²) in [7, 11) is -4.14. The van der Waals surface area contributed by atoms with E-state index in [0.29, 0.717) is 0 Å². The molecular weight excluding hydrogens is 212 g/mol. The summed E-state index contributed by atoms with van der Waals surface area (Å²) in [6.07, 6.45) is 0.112. The third-order valence-electron chi connectivity index (χ3n) is 1.56. The van der Waals surface area contributed by atoms with Crippen LogP contribution >= 0.6 is 11.6 Å². The highest BCUT2D eigenvalue weighted by molar-refractivity contribution is 7.87. The van der Waals surface area contributed by atoms with Gasteiger partial charge in [-0.05, 0) is 5.56 Å². The first-order chi connectivity index (χ1) is 6.00. The second kappa shape index (κ2) is 4.09. The fourth-order valence-electron chi connectivity index (χ4n) is 0.905. The van der Waals surface area contributed by atoms with Crippen molar-refractivity contribution in [3.63, 3.8) is 0 Å². The van der Waals surface area contributed by atoms with Crippen molar-refractivity contribution in [3.8, 4) is 0 Å². The van der Waals surface area contributed by atoms with Gasteiger partial charge in [0.2, 0.25) is 0 Å². The maximum Gasteiger partial charge on any atom is 0.282 e. The Balaban J connectivity index is 2.72. The van der Waals surface area contributed by atoms with Crippen LogP contribution in [0.4, 0.5) is 0 Å². The van der Waals surface area contributed by atoms with Crippen molar-refractivity contribution in [3.05, 3.63) is 35.9 Å². The molecule has 0 aliphatic heterocycles. The van der Waals surface area contributed by atoms with E-state index in [4.69, 9.17) is 16.2 Å². The Labute approximate surface area is 82.1 Å². The minimum absolute atomic E-state index is 0.112. The first-order valence-electron chi connectivity index (χ1n) is 3.64. The van der Waals surface area contributed by atoms with Gasteiger partial charge in [0.1, 0.15) is 0 Å². The summed E-state index contributed by atoms with van der Waals surface area (Å²) in [6.45, 7) is 0. The maximum absolute atomic E-state index is 10.6. The zero-order valence-corrected chi connectivity index (χ0v) is 8.29. The van der Waals surface area contributed by atoms with E-state index in [2.05, 4.69) is 0 Å². The summed E-state index contributed by atoms with van der Waals surface area (Å²) < 4.78 is 28.4. The van der Waals surface area contributed by atoms with Gasteiger partial charge in [-0.2, -0.15) is 8.42 Å². The Morgan fingerprint density at radius 1 is 1.31 bits per heavy atom. The molecule has 1 unspecified atom stereocenters. The van der Waals surface area contributed by atoms with Crippen LogP contribution in [0.25, 0.3) is 0 Å². The predicted molar refractivity (Wildman–Crippen MR) is 51.3 cm³/mol. The molecule has 1 atom stereocenters. The van der Waals surface area contributed by atoms with Gasteiger partial charge in [-0.1, -0.05) is 30.3 Å². The molecule has 1 aromatic rings. The first kappa shape index (κ1) is 10.5. The lowest BCUT2D eigenvalue weighted by Gasteiger charge is -2.04. The molecule has 0 saturated heterocycles. The molecule has 5 heteroatoms. The summed E-state index contributed by atoms with van der Waals surface area (Å²) in [5.41, 5.74) is 0.778. The van der Waals surface area contributed by atoms with E-state index in [1.54, 1.807) is 24.3 Å². The molecule has 0 fully saturated rings. The van der Waals surface area contributed by atoms with Crippen LogP contribution in [0.5, 0.6) is 0 Å². The van der Waals surface area contributed by atoms with E-state index < -0.39 is 14.8 Å². The third-order valence-corrected chi connectivity index (χ3v) is 3.21. The van der Waals surface area contributed by atoms with Crippen molar-refractivity contribution in [1.82, 2.24) is 0 Å². The largest absolute Gasteiger partial charge is 0.284 e. The van der Waals surface area contributed by atoms with Gasteiger partial charge in [0, 0.05) is 6.42 Å². The highest BCUT2D eigenvalue weighted by atomic mass is 35.5. The van der Waals surface area contributed by atoms with Crippen LogP contribution in [-0.4, -0.2) is 17.7 Å². The summed E-state index contributed by atoms with van der Waals surface area (Å²) in [5.74, 6) is 0. The van der Waals surface area contributed by atoms with Crippen LogP contribution in [0.15, 0.2) is 30.3 Å². The van der Waals surface area contributed by atoms with Gasteiger partial charge in [-0.3, -0.25) is 4.55 Å². The maximum atomic E-state index is 10.6. The third kappa shape index (κ3) is 3.34. The minimum atomic E-state index is -4.14. The Morgan fingerprint density at radius 3 is 2.31 bits per heavy atom. The van der Waals surface area contributed by atoms with E-state index >= 15 is 0 Å². The molecule has 0 aliphatic carbocycles. The molecule has 1 N–H and O–H groups in total. The molecule has 0 aromatic heterocycles. The van der Waals surface area contributed by atoms with Gasteiger partial charge in [0.15, 0.2) is 4.71 Å². The average Bonchev–Trinajstić information content (AvgIpc) is 2.04. The lowest BCUT2D eigenvalue weighted by atomic mass is 10.2. The number of hydrogen-bond donors (Lipinski definition) is 1. The standard InChI is InChI=1S/C8H9ClO3S/c9-8(13(10,11)12)6-7-4-2-1-3-5-7/h1-5,8H,6H2,(H,10,11,12). The van der Waals surface area contributed by atoms with Crippen LogP contribution in [-0.2, 0) is 16.5 Å². The molecule has 13 heavy (non-hydrogen) atoms. The van der Waals surface area contributed by atoms with Crippen molar-refractivity contribution in [2.75, 3.05) is 0 Å². The molecule has 0 bridgehead atoms. The molecule has 3 nitrogen and oxygen atoms in total. The lowest BCUT2D eigenvalue weighted by Crippen LogP contribution is -2.16. The van der Waals surface area contributed by atoms with Crippen molar-refractivity contribution < 1.29 is 13.0 Å². The van der Waals surface area contributed by atoms with E-state index in [1.165, 1.54) is 0 Å². The monoisotopic (exact) mass is 220 g/mol. The van der Waals surface area contributed by atoms with Crippen LogP contribution in [0.1, 0.15) is 5.56 Å². The smallest absolute Gasteiger partial charge is 0.282 e. The molecule has 0 spiro atoms. The van der Waals surface area contributed by atoms with Gasteiger partial charge in [-0.25, -0.2) is 0 Å². The number of halogens is 1. The molecule has 72 valence electrons. The topological polar surface area (TPSA) is 54.4 Å². The fourth-order valence-corrected chi connectivity index (χ4v) is 1.49. The fraction of sp³-hybridized carbons (Fsp3) is 0.250. The van der Waals surface area contributed by atoms with Crippen molar-refractivity contribution in [1.29, 1.82) is 0 Å². The second-order valence-electron chi connectivity index (χ2n) is 2.61. The lowest BCUT2D eigenvalue weighted by molar-refractivity contribution is 0.478. The van der Waals surface area contributed by atoms with E-state index in [9.17, 15) is 8.42 Å². The zero-order chi connectivity index (χ0) is 9.90. The Bertz CT molecular complexity index is 360. The number of rotatable bonds is 3. The normalized spacial score (nSPS) is 14.0. The molecule has 0 heterocycles. The highest BCUT2D eigenvalue weighted by Crippen LogP contribution is 2.12. The van der Waals surface area contributed by atoms with Crippen molar-refractivity contribution >= 4 is 21.7 Å². The Kier molecular flexibility index (Phi) is 3.30. The van der Waals surface area contributed by atoms with Crippen LogP contribution in [0.3, 0.4) is 0 Å². The Hall–Kier alpha value is -0.580. The van der Waals surface area contributed by atoms with Crippen molar-refractivity contribution in [2.24, 2.45) is 0 Å². The molecule has 0 amide bonds. The SMILES string of the molecule is O=S(=O)(O)C(Cl)Cc1ccccc1. The number of benzene rings is 1. The summed E-state index contributed by atoms with van der Waals surface area (Å²) >= 11 is 5.45. The zero-order valence-electron chi connectivity index (χ0n) is 6.72. The van der Waals surface area contributed by atoms with Crippen molar-refractivity contribution in [2.45, 2.75) is 11.1 Å². The average molecular weight is 221 g/mol. The molecule has 1 aromatic carbocycles. The molecular formula is C8H9ClO3S. The van der Waals surface area contributed by atoms with E-state index in [0.717, 1.165) is 5.56 Å². The molecule has 1 rings (SSSR count). The first-order valence-corrected chi connectivity index (χ1v) is 5.58. The summed E-state index contributed by atoms with van der Waals surface area (Å²) in [6, 6.07) is 8.88. The molecule has 0 aliphatic rings. The van der Waals surface area contributed by atoms with Gasteiger partial charge >= 0.3 is 0 Å². The second-order valence-corrected chi connectivity index (χ2v) is 5.00. The predicted octanol–water partition coefficient (Wildman–Crippen LogP) is 1.68. The van der Waals surface area contributed by atoms with Gasteiger partial charge in [0.05, 0.1) is 0 Å². The Morgan fingerprint density at radius 2 is 1.85 bits per heavy atom. The van der Waals surface area contributed by atoms with E-state index in [1.807, 2.05) is 6.07 Å². The number of hydrogen-bond acceptors (Lipinski definition) is 2. The van der Waals surface area contributed by atoms with Gasteiger partial charge < -0.3 is 0 Å². The molecule has 0 saturated carbocycles. The van der Waals surface area contributed by atoms with Gasteiger partial charge in [-0.15, -0.1) is 11.6 Å². The van der Waals surface area contributed by atoms with Gasteiger partial charge in [0.25, 0.3) is 10.1 Å². The van der Waals surface area contributed by atoms with E-state index in [-0.39, 0.29) is 6.42 Å². The summed E-state index contributed by atoms with van der Waals surface area (Å²) in [5, 5.41) is 0. The van der Waals surface area contributed by atoms with Crippen LogP contribution in [0.2, 0.25) is 0 Å².